The van der Waals surface area contributed by atoms with Gasteiger partial charge >= 0.3 is 5.97 Å². The van der Waals surface area contributed by atoms with E-state index < -0.39 is 33.3 Å². The summed E-state index contributed by atoms with van der Waals surface area (Å²) in [5, 5.41) is 2.79. The molecule has 29 heavy (non-hydrogen) atoms. The van der Waals surface area contributed by atoms with E-state index in [1.54, 1.807) is 0 Å². The van der Waals surface area contributed by atoms with E-state index >= 15 is 0 Å². The van der Waals surface area contributed by atoms with Gasteiger partial charge in [-0.25, -0.2) is 17.5 Å². The molecule has 2 aliphatic carbocycles. The molecule has 2 amide bonds. The lowest BCUT2D eigenvalue weighted by Crippen LogP contribution is -2.56. The number of nitrogens with one attached hydrogen (secondary N) is 1. The predicted octanol–water partition coefficient (Wildman–Crippen LogP) is 1.85. The van der Waals surface area contributed by atoms with Gasteiger partial charge < -0.3 is 10.1 Å². The first-order valence-electron chi connectivity index (χ1n) is 9.83. The van der Waals surface area contributed by atoms with Gasteiger partial charge in [-0.2, -0.15) is 0 Å². The largest absolute Gasteiger partial charge is 0.467 e. The van der Waals surface area contributed by atoms with Gasteiger partial charge in [0.05, 0.1) is 12.7 Å². The predicted molar refractivity (Wildman–Crippen MR) is 103 cm³/mol. The lowest BCUT2D eigenvalue weighted by Gasteiger charge is -2.37. The molecule has 1 aliphatic heterocycles. The molecule has 0 unspecified atom stereocenters. The fourth-order valence-corrected chi connectivity index (χ4v) is 6.02. The van der Waals surface area contributed by atoms with Crippen LogP contribution in [-0.4, -0.2) is 49.2 Å². The molecule has 0 aromatic heterocycles. The van der Waals surface area contributed by atoms with E-state index in [1.165, 1.54) is 25.3 Å². The Morgan fingerprint density at radius 3 is 2.41 bits per heavy atom. The van der Waals surface area contributed by atoms with Crippen LogP contribution in [0.2, 0.25) is 0 Å². The molecule has 156 valence electrons. The Hall–Kier alpha value is -2.42. The van der Waals surface area contributed by atoms with Crippen LogP contribution in [0.25, 0.3) is 0 Å². The highest BCUT2D eigenvalue weighted by atomic mass is 32.2. The Kier molecular flexibility index (Phi) is 4.68. The van der Waals surface area contributed by atoms with Gasteiger partial charge in [-0.3, -0.25) is 9.59 Å². The van der Waals surface area contributed by atoms with Crippen LogP contribution in [0.1, 0.15) is 66.2 Å². The number of hydrogen-bond donors (Lipinski definition) is 1. The van der Waals surface area contributed by atoms with E-state index in [-0.39, 0.29) is 22.1 Å². The van der Waals surface area contributed by atoms with Crippen LogP contribution in [0, 0.1) is 5.92 Å². The zero-order valence-electron chi connectivity index (χ0n) is 16.4. The summed E-state index contributed by atoms with van der Waals surface area (Å²) in [6.07, 6.45) is 3.80. The molecule has 1 aromatic rings. The zero-order chi connectivity index (χ0) is 21.0. The molecule has 0 bridgehead atoms. The number of carbonyl (C=O) groups is 3. The summed E-state index contributed by atoms with van der Waals surface area (Å²) in [6, 6.07) is 3.75. The first kappa shape index (κ1) is 19.9. The highest BCUT2D eigenvalue weighted by Gasteiger charge is 2.49. The normalized spacial score (nSPS) is 28.0. The molecule has 4 rings (SSSR count). The van der Waals surface area contributed by atoms with Crippen LogP contribution in [0.15, 0.2) is 23.1 Å². The van der Waals surface area contributed by atoms with E-state index in [0.29, 0.717) is 31.6 Å². The molecule has 0 radical (unpaired) electrons. The average molecular weight is 420 g/mol. The monoisotopic (exact) mass is 420 g/mol. The van der Waals surface area contributed by atoms with Crippen molar-refractivity contribution in [3.63, 3.8) is 0 Å². The van der Waals surface area contributed by atoms with Gasteiger partial charge in [-0.1, -0.05) is 6.92 Å². The third-order valence-electron chi connectivity index (χ3n) is 6.15. The summed E-state index contributed by atoms with van der Waals surface area (Å²) in [5.41, 5.74) is -0.936. The van der Waals surface area contributed by atoms with Crippen LogP contribution < -0.4 is 5.32 Å². The van der Waals surface area contributed by atoms with E-state index in [9.17, 15) is 22.8 Å². The van der Waals surface area contributed by atoms with Crippen LogP contribution in [-0.2, 0) is 19.6 Å². The van der Waals surface area contributed by atoms with Gasteiger partial charge in [0.25, 0.3) is 21.8 Å². The SMILES string of the molecule is COC(=O)C1(NC(=O)c2ccc3c(c2)S(=O)(=O)N(C2CC2)C3=O)CCC(C)CC1. The van der Waals surface area contributed by atoms with Crippen molar-refractivity contribution in [2.45, 2.75) is 61.9 Å². The van der Waals surface area contributed by atoms with Crippen molar-refractivity contribution in [3.05, 3.63) is 29.3 Å². The van der Waals surface area contributed by atoms with Crippen molar-refractivity contribution in [2.24, 2.45) is 5.92 Å². The molecule has 1 N–H and O–H groups in total. The molecular weight excluding hydrogens is 396 g/mol. The molecule has 2 fully saturated rings. The number of esters is 1. The second kappa shape index (κ2) is 6.83. The number of benzene rings is 1. The first-order chi connectivity index (χ1) is 13.7. The van der Waals surface area contributed by atoms with Gasteiger partial charge in [0.15, 0.2) is 0 Å². The minimum Gasteiger partial charge on any atom is -0.467 e. The zero-order valence-corrected chi connectivity index (χ0v) is 17.3. The standard InChI is InChI=1S/C20H24N2O6S/c1-12-7-9-20(10-8-12,19(25)28-2)21-17(23)13-3-6-15-16(11-13)29(26,27)22(18(15)24)14-4-5-14/h3,6,11-12,14H,4-5,7-10H2,1-2H3,(H,21,23). The number of hydrogen-bond acceptors (Lipinski definition) is 6. The van der Waals surface area contributed by atoms with Gasteiger partial charge in [-0.15, -0.1) is 0 Å². The number of ether oxygens (including phenoxy) is 1. The number of nitrogens with zero attached hydrogens (tertiary/aromatic N) is 1. The van der Waals surface area contributed by atoms with Gasteiger partial charge in [0.2, 0.25) is 0 Å². The van der Waals surface area contributed by atoms with Crippen molar-refractivity contribution in [2.75, 3.05) is 7.11 Å². The van der Waals surface area contributed by atoms with E-state index in [4.69, 9.17) is 4.74 Å². The lowest BCUT2D eigenvalue weighted by atomic mass is 9.77. The Labute approximate surface area is 169 Å². The molecular formula is C20H24N2O6S. The van der Waals surface area contributed by atoms with Crippen molar-refractivity contribution in [1.29, 1.82) is 0 Å². The smallest absolute Gasteiger partial charge is 0.331 e. The topological polar surface area (TPSA) is 110 Å². The number of rotatable bonds is 4. The molecule has 9 heteroatoms. The minimum absolute atomic E-state index is 0.0858. The van der Waals surface area contributed by atoms with E-state index in [2.05, 4.69) is 12.2 Å². The Morgan fingerprint density at radius 2 is 1.83 bits per heavy atom. The Balaban J connectivity index is 1.63. The summed E-state index contributed by atoms with van der Waals surface area (Å²) < 4.78 is 31.4. The fraction of sp³-hybridized carbons (Fsp3) is 0.550. The molecule has 0 spiro atoms. The molecule has 8 nitrogen and oxygen atoms in total. The quantitative estimate of drug-likeness (QED) is 0.745. The maximum absolute atomic E-state index is 12.9. The maximum Gasteiger partial charge on any atom is 0.331 e. The molecule has 0 atom stereocenters. The lowest BCUT2D eigenvalue weighted by molar-refractivity contribution is -0.150. The summed E-state index contributed by atoms with van der Waals surface area (Å²) in [4.78, 5) is 37.7. The minimum atomic E-state index is -3.95. The van der Waals surface area contributed by atoms with Gasteiger partial charge in [0.1, 0.15) is 10.4 Å². The third-order valence-corrected chi connectivity index (χ3v) is 8.02. The van der Waals surface area contributed by atoms with E-state index in [1.807, 2.05) is 0 Å². The third kappa shape index (κ3) is 3.21. The second-order valence-corrected chi connectivity index (χ2v) is 10.0. The Bertz CT molecular complexity index is 990. The fourth-order valence-electron chi connectivity index (χ4n) is 4.18. The van der Waals surface area contributed by atoms with Crippen molar-refractivity contribution >= 4 is 27.8 Å². The average Bonchev–Trinajstić information content (AvgIpc) is 3.50. The number of carbonyl (C=O) groups excluding carboxylic acids is 3. The molecule has 0 saturated heterocycles. The summed E-state index contributed by atoms with van der Waals surface area (Å²) in [6.45, 7) is 2.09. The van der Waals surface area contributed by atoms with Gasteiger partial charge in [0, 0.05) is 11.6 Å². The van der Waals surface area contributed by atoms with E-state index in [0.717, 1.165) is 17.1 Å². The van der Waals surface area contributed by atoms with Gasteiger partial charge in [-0.05, 0) is 62.6 Å². The highest BCUT2D eigenvalue weighted by molar-refractivity contribution is 7.90. The molecule has 3 aliphatic rings. The number of fused-ring (bicyclic) bond motifs is 1. The maximum atomic E-state index is 12.9. The number of sulfonamides is 1. The van der Waals surface area contributed by atoms with Crippen LogP contribution in [0.5, 0.6) is 0 Å². The van der Waals surface area contributed by atoms with Crippen molar-refractivity contribution in [1.82, 2.24) is 9.62 Å². The number of amides is 2. The molecule has 2 saturated carbocycles. The second-order valence-electron chi connectivity index (χ2n) is 8.26. The van der Waals surface area contributed by atoms with Crippen LogP contribution in [0.4, 0.5) is 0 Å². The Morgan fingerprint density at radius 1 is 1.17 bits per heavy atom. The molecule has 1 aromatic carbocycles. The first-order valence-corrected chi connectivity index (χ1v) is 11.3. The van der Waals surface area contributed by atoms with Crippen molar-refractivity contribution in [3.8, 4) is 0 Å². The number of methoxy groups -OCH3 is 1. The van der Waals surface area contributed by atoms with Crippen molar-refractivity contribution < 1.29 is 27.5 Å². The van der Waals surface area contributed by atoms with Crippen LogP contribution >= 0.6 is 0 Å². The molecule has 1 heterocycles. The summed E-state index contributed by atoms with van der Waals surface area (Å²) >= 11 is 0. The highest BCUT2D eigenvalue weighted by Crippen LogP contribution is 2.40. The van der Waals surface area contributed by atoms with Crippen LogP contribution in [0.3, 0.4) is 0 Å². The summed E-state index contributed by atoms with van der Waals surface area (Å²) in [7, 11) is -2.67. The summed E-state index contributed by atoms with van der Waals surface area (Å²) in [5.74, 6) is -1.14.